The lowest BCUT2D eigenvalue weighted by Gasteiger charge is -2.37. The molecule has 0 saturated heterocycles. The molecule has 1 fully saturated rings. The Kier molecular flexibility index (Phi) is 5.68. The van der Waals surface area contributed by atoms with E-state index in [2.05, 4.69) is 40.9 Å². The molecule has 0 N–H and O–H groups in total. The minimum absolute atomic E-state index is 0.303. The van der Waals surface area contributed by atoms with E-state index in [9.17, 15) is 4.79 Å². The van der Waals surface area contributed by atoms with Crippen molar-refractivity contribution < 1.29 is 14.3 Å². The van der Waals surface area contributed by atoms with Crippen LogP contribution >= 0.6 is 0 Å². The van der Waals surface area contributed by atoms with E-state index in [1.54, 1.807) is 26.4 Å². The molecule has 3 aromatic rings. The van der Waals surface area contributed by atoms with Crippen LogP contribution < -0.4 is 4.74 Å². The Morgan fingerprint density at radius 1 is 1.13 bits per heavy atom. The van der Waals surface area contributed by atoms with E-state index in [1.807, 2.05) is 4.68 Å². The monoisotopic (exact) mass is 426 g/mol. The fourth-order valence-electron chi connectivity index (χ4n) is 4.38. The van der Waals surface area contributed by atoms with E-state index < -0.39 is 5.97 Å². The summed E-state index contributed by atoms with van der Waals surface area (Å²) in [5.41, 5.74) is 2.16. The van der Waals surface area contributed by atoms with Gasteiger partial charge in [0.15, 0.2) is 0 Å². The van der Waals surface area contributed by atoms with Gasteiger partial charge in [-0.15, -0.1) is 0 Å². The number of nitrogens with zero attached hydrogens (tertiary/aromatic N) is 6. The molecule has 4 rings (SSSR count). The van der Waals surface area contributed by atoms with Crippen LogP contribution in [0.25, 0.3) is 17.0 Å². The second-order valence-corrected chi connectivity index (χ2v) is 9.12. The summed E-state index contributed by atoms with van der Waals surface area (Å²) in [6.45, 7) is 9.03. The molecular weight excluding hydrogens is 396 g/mol. The number of hydrogen-bond acceptors (Lipinski definition) is 7. The number of hydrogen-bond donors (Lipinski definition) is 0. The molecule has 0 atom stereocenters. The number of ether oxygens (including phenoxy) is 2. The lowest BCUT2D eigenvalue weighted by molar-refractivity contribution is 0.0526. The Balaban J connectivity index is 1.63. The summed E-state index contributed by atoms with van der Waals surface area (Å²) in [7, 11) is 1.59. The molecule has 0 unspecified atom stereocenters. The third-order valence-electron chi connectivity index (χ3n) is 6.16. The number of carbonyl (C=O) groups excluding carboxylic acids is 1. The number of aromatic nitrogens is 6. The lowest BCUT2D eigenvalue weighted by Crippen LogP contribution is -2.27. The first-order valence-corrected chi connectivity index (χ1v) is 10.8. The lowest BCUT2D eigenvalue weighted by atomic mass is 9.71. The van der Waals surface area contributed by atoms with E-state index in [-0.39, 0.29) is 0 Å². The molecule has 0 aromatic carbocycles. The van der Waals surface area contributed by atoms with Gasteiger partial charge in [0, 0.05) is 6.20 Å². The van der Waals surface area contributed by atoms with E-state index in [0.29, 0.717) is 41.0 Å². The van der Waals surface area contributed by atoms with Crippen LogP contribution in [0, 0.1) is 11.3 Å². The summed E-state index contributed by atoms with van der Waals surface area (Å²) in [6.07, 6.45) is 9.25. The van der Waals surface area contributed by atoms with Gasteiger partial charge >= 0.3 is 5.97 Å². The maximum atomic E-state index is 11.9. The van der Waals surface area contributed by atoms with Gasteiger partial charge in [-0.05, 0) is 43.9 Å². The van der Waals surface area contributed by atoms with E-state index in [0.717, 1.165) is 24.3 Å². The maximum absolute atomic E-state index is 11.9. The van der Waals surface area contributed by atoms with Crippen molar-refractivity contribution in [2.75, 3.05) is 13.7 Å². The molecule has 3 aromatic heterocycles. The van der Waals surface area contributed by atoms with E-state index in [1.165, 1.54) is 23.7 Å². The van der Waals surface area contributed by atoms with Crippen molar-refractivity contribution in [3.8, 4) is 11.8 Å². The van der Waals surface area contributed by atoms with Gasteiger partial charge in [0.05, 0.1) is 37.7 Å². The molecule has 1 aliphatic rings. The quantitative estimate of drug-likeness (QED) is 0.569. The molecule has 166 valence electrons. The fraction of sp³-hybridized carbons (Fsp3) is 0.591. The average Bonchev–Trinajstić information content (AvgIpc) is 3.40. The first-order chi connectivity index (χ1) is 14.8. The standard InChI is InChI=1S/C22H30N6O3/c1-6-31-20(29)14-11-23-27(13-14)21-25-17-12-24-28(18(17)19(26-21)30-5)16-9-7-15(8-10-16)22(2,3)4/h11-13,15-16H,6-10H2,1-5H3. The molecule has 0 radical (unpaired) electrons. The van der Waals surface area contributed by atoms with Crippen molar-refractivity contribution in [3.05, 3.63) is 24.2 Å². The van der Waals surface area contributed by atoms with Gasteiger partial charge in [-0.1, -0.05) is 20.8 Å². The molecule has 1 saturated carbocycles. The topological polar surface area (TPSA) is 97.0 Å². The number of methoxy groups -OCH3 is 1. The molecule has 0 aliphatic heterocycles. The van der Waals surface area contributed by atoms with Crippen molar-refractivity contribution in [1.82, 2.24) is 29.5 Å². The Labute approximate surface area is 181 Å². The SMILES string of the molecule is CCOC(=O)c1cnn(-c2nc(OC)c3c(cnn3C3CCC(C(C)(C)C)CC3)n2)c1. The molecule has 3 heterocycles. The summed E-state index contributed by atoms with van der Waals surface area (Å²) in [5, 5.41) is 8.85. The predicted octanol–water partition coefficient (Wildman–Crippen LogP) is 3.97. The third kappa shape index (κ3) is 4.13. The Bertz CT molecular complexity index is 1070. The first-order valence-electron chi connectivity index (χ1n) is 10.8. The van der Waals surface area contributed by atoms with Gasteiger partial charge in [0.25, 0.3) is 5.95 Å². The number of fused-ring (bicyclic) bond motifs is 1. The van der Waals surface area contributed by atoms with Gasteiger partial charge < -0.3 is 9.47 Å². The molecule has 0 amide bonds. The zero-order valence-electron chi connectivity index (χ0n) is 18.8. The molecule has 9 nitrogen and oxygen atoms in total. The summed E-state index contributed by atoms with van der Waals surface area (Å²) in [5.74, 6) is 1.06. The molecular formula is C22H30N6O3. The van der Waals surface area contributed by atoms with Crippen LogP contribution in [0.5, 0.6) is 5.88 Å². The highest BCUT2D eigenvalue weighted by Gasteiger charge is 2.32. The zero-order valence-corrected chi connectivity index (χ0v) is 18.8. The average molecular weight is 427 g/mol. The second kappa shape index (κ2) is 8.28. The molecule has 0 bridgehead atoms. The van der Waals surface area contributed by atoms with Gasteiger partial charge in [0.2, 0.25) is 5.88 Å². The molecule has 1 aliphatic carbocycles. The highest BCUT2D eigenvalue weighted by molar-refractivity contribution is 5.88. The van der Waals surface area contributed by atoms with Gasteiger partial charge in [0.1, 0.15) is 11.0 Å². The molecule has 0 spiro atoms. The van der Waals surface area contributed by atoms with Gasteiger partial charge in [-0.25, -0.2) is 14.5 Å². The van der Waals surface area contributed by atoms with Crippen LogP contribution in [0.4, 0.5) is 0 Å². The zero-order chi connectivity index (χ0) is 22.2. The van der Waals surface area contributed by atoms with E-state index >= 15 is 0 Å². The van der Waals surface area contributed by atoms with Crippen molar-refractivity contribution in [2.45, 2.75) is 59.4 Å². The fourth-order valence-corrected chi connectivity index (χ4v) is 4.38. The summed E-state index contributed by atoms with van der Waals surface area (Å²) in [6, 6.07) is 0.305. The van der Waals surface area contributed by atoms with Crippen LogP contribution in [0.3, 0.4) is 0 Å². The van der Waals surface area contributed by atoms with Crippen LogP contribution in [0.2, 0.25) is 0 Å². The first kappa shape index (κ1) is 21.3. The van der Waals surface area contributed by atoms with Gasteiger partial charge in [-0.3, -0.25) is 4.68 Å². The highest BCUT2D eigenvalue weighted by Crippen LogP contribution is 2.42. The van der Waals surface area contributed by atoms with Crippen LogP contribution in [0.15, 0.2) is 18.6 Å². The van der Waals surface area contributed by atoms with Crippen LogP contribution in [0.1, 0.15) is 69.8 Å². The summed E-state index contributed by atoms with van der Waals surface area (Å²) >= 11 is 0. The van der Waals surface area contributed by atoms with E-state index in [4.69, 9.17) is 9.47 Å². The highest BCUT2D eigenvalue weighted by atomic mass is 16.5. The van der Waals surface area contributed by atoms with Crippen molar-refractivity contribution in [3.63, 3.8) is 0 Å². The minimum atomic E-state index is -0.430. The Hall–Kier alpha value is -2.97. The number of esters is 1. The summed E-state index contributed by atoms with van der Waals surface area (Å²) in [4.78, 5) is 21.1. The van der Waals surface area contributed by atoms with Crippen LogP contribution in [-0.2, 0) is 4.74 Å². The predicted molar refractivity (Wildman–Crippen MR) is 115 cm³/mol. The maximum Gasteiger partial charge on any atom is 0.341 e. The smallest absolute Gasteiger partial charge is 0.341 e. The van der Waals surface area contributed by atoms with Gasteiger partial charge in [-0.2, -0.15) is 15.2 Å². The second-order valence-electron chi connectivity index (χ2n) is 9.12. The third-order valence-corrected chi connectivity index (χ3v) is 6.16. The van der Waals surface area contributed by atoms with Crippen molar-refractivity contribution >= 4 is 17.0 Å². The van der Waals surface area contributed by atoms with Crippen molar-refractivity contribution in [2.24, 2.45) is 11.3 Å². The van der Waals surface area contributed by atoms with Crippen molar-refractivity contribution in [1.29, 1.82) is 0 Å². The molecule has 9 heteroatoms. The Morgan fingerprint density at radius 2 is 1.87 bits per heavy atom. The number of carbonyl (C=O) groups is 1. The van der Waals surface area contributed by atoms with Crippen LogP contribution in [-0.4, -0.2) is 49.2 Å². The summed E-state index contributed by atoms with van der Waals surface area (Å²) < 4.78 is 14.1. The Morgan fingerprint density at radius 3 is 2.52 bits per heavy atom. The minimum Gasteiger partial charge on any atom is -0.479 e. The molecule has 31 heavy (non-hydrogen) atoms. The number of rotatable bonds is 5. The largest absolute Gasteiger partial charge is 0.479 e. The normalized spacial score (nSPS) is 19.5.